The van der Waals surface area contributed by atoms with Crippen LogP contribution >= 0.6 is 11.7 Å². The van der Waals surface area contributed by atoms with Gasteiger partial charge in [0.15, 0.2) is 0 Å². The number of nitrogens with zero attached hydrogens (tertiary/aromatic N) is 2. The van der Waals surface area contributed by atoms with Gasteiger partial charge < -0.3 is 10.1 Å². The minimum Gasteiger partial charge on any atom is -0.497 e. The molecule has 1 aliphatic rings. The standard InChI is InChI=1S/C21H24N4O4S2/c1-29-17-11-9-16(10-12-17)23-21(26)15-7-5-14(6-8-15)13-22-31(27,28)19-4-2-3-18-20(19)25-30-24-18/h2-4,9-12,14-15,22H,5-8,13H2,1H3,(H,23,26). The maximum absolute atomic E-state index is 12.8. The van der Waals surface area contributed by atoms with E-state index in [-0.39, 0.29) is 22.6 Å². The van der Waals surface area contributed by atoms with Crippen molar-refractivity contribution in [1.82, 2.24) is 13.5 Å². The summed E-state index contributed by atoms with van der Waals surface area (Å²) in [5, 5.41) is 2.95. The fraction of sp³-hybridized carbons (Fsp3) is 0.381. The maximum Gasteiger partial charge on any atom is 0.242 e. The molecule has 10 heteroatoms. The van der Waals surface area contributed by atoms with Crippen LogP contribution < -0.4 is 14.8 Å². The van der Waals surface area contributed by atoms with Gasteiger partial charge in [-0.15, -0.1) is 0 Å². The number of carbonyl (C=O) groups excluding carboxylic acids is 1. The van der Waals surface area contributed by atoms with Crippen molar-refractivity contribution in [1.29, 1.82) is 0 Å². The van der Waals surface area contributed by atoms with Crippen molar-refractivity contribution >= 4 is 44.4 Å². The third kappa shape index (κ3) is 5.03. The number of methoxy groups -OCH3 is 1. The van der Waals surface area contributed by atoms with Gasteiger partial charge in [-0.05, 0) is 68.0 Å². The monoisotopic (exact) mass is 460 g/mol. The lowest BCUT2D eigenvalue weighted by Gasteiger charge is -2.27. The van der Waals surface area contributed by atoms with E-state index >= 15 is 0 Å². The van der Waals surface area contributed by atoms with Crippen molar-refractivity contribution < 1.29 is 17.9 Å². The Morgan fingerprint density at radius 1 is 1.10 bits per heavy atom. The predicted molar refractivity (Wildman–Crippen MR) is 120 cm³/mol. The summed E-state index contributed by atoms with van der Waals surface area (Å²) in [6.45, 7) is 0.350. The minimum absolute atomic E-state index is 0.00640. The molecule has 4 rings (SSSR count). The molecule has 0 saturated heterocycles. The lowest BCUT2D eigenvalue weighted by molar-refractivity contribution is -0.121. The van der Waals surface area contributed by atoms with E-state index in [4.69, 9.17) is 4.74 Å². The molecular weight excluding hydrogens is 436 g/mol. The first-order valence-electron chi connectivity index (χ1n) is 10.1. The van der Waals surface area contributed by atoms with Gasteiger partial charge in [0, 0.05) is 18.2 Å². The molecule has 31 heavy (non-hydrogen) atoms. The number of carbonyl (C=O) groups is 1. The third-order valence-electron chi connectivity index (χ3n) is 5.68. The number of nitrogens with one attached hydrogen (secondary N) is 2. The molecule has 1 amide bonds. The second-order valence-electron chi connectivity index (χ2n) is 7.68. The summed E-state index contributed by atoms with van der Waals surface area (Å²) in [5.74, 6) is 0.882. The highest BCUT2D eigenvalue weighted by Crippen LogP contribution is 2.30. The van der Waals surface area contributed by atoms with Crippen molar-refractivity contribution in [2.75, 3.05) is 19.0 Å². The SMILES string of the molecule is COc1ccc(NC(=O)C2CCC(CNS(=O)(=O)c3cccc4nsnc34)CC2)cc1. The average Bonchev–Trinajstić information content (AvgIpc) is 3.27. The molecule has 8 nitrogen and oxygen atoms in total. The van der Waals surface area contributed by atoms with Crippen LogP contribution in [0, 0.1) is 11.8 Å². The number of aromatic nitrogens is 2. The fourth-order valence-corrected chi connectivity index (χ4v) is 5.73. The van der Waals surface area contributed by atoms with Crippen LogP contribution in [0.15, 0.2) is 47.4 Å². The quantitative estimate of drug-likeness (QED) is 0.559. The van der Waals surface area contributed by atoms with E-state index in [1.165, 1.54) is 0 Å². The van der Waals surface area contributed by atoms with Crippen LogP contribution in [0.5, 0.6) is 5.75 Å². The van der Waals surface area contributed by atoms with Crippen molar-refractivity contribution in [2.24, 2.45) is 11.8 Å². The van der Waals surface area contributed by atoms with Crippen LogP contribution in [-0.2, 0) is 14.8 Å². The first-order chi connectivity index (χ1) is 15.0. The normalized spacial score (nSPS) is 19.3. The first kappa shape index (κ1) is 21.7. The van der Waals surface area contributed by atoms with Crippen molar-refractivity contribution in [3.05, 3.63) is 42.5 Å². The Kier molecular flexibility index (Phi) is 6.49. The van der Waals surface area contributed by atoms with Crippen LogP contribution in [0.1, 0.15) is 25.7 Å². The predicted octanol–water partition coefficient (Wildman–Crippen LogP) is 3.42. The summed E-state index contributed by atoms with van der Waals surface area (Å²) in [6.07, 6.45) is 3.07. The molecule has 0 unspecified atom stereocenters. The number of hydrogen-bond donors (Lipinski definition) is 2. The van der Waals surface area contributed by atoms with Gasteiger partial charge in [-0.25, -0.2) is 13.1 Å². The Balaban J connectivity index is 1.29. The van der Waals surface area contributed by atoms with E-state index in [9.17, 15) is 13.2 Å². The van der Waals surface area contributed by atoms with Crippen LogP contribution in [0.3, 0.4) is 0 Å². The zero-order chi connectivity index (χ0) is 21.8. The maximum atomic E-state index is 12.8. The van der Waals surface area contributed by atoms with E-state index < -0.39 is 10.0 Å². The highest BCUT2D eigenvalue weighted by atomic mass is 32.2. The molecule has 2 aromatic carbocycles. The zero-order valence-corrected chi connectivity index (χ0v) is 18.7. The minimum atomic E-state index is -3.67. The Morgan fingerprint density at radius 3 is 2.55 bits per heavy atom. The molecular formula is C21H24N4O4S2. The van der Waals surface area contributed by atoms with Gasteiger partial charge >= 0.3 is 0 Å². The number of ether oxygens (including phenoxy) is 1. The highest BCUT2D eigenvalue weighted by molar-refractivity contribution is 7.89. The Bertz CT molecular complexity index is 1150. The average molecular weight is 461 g/mol. The van der Waals surface area contributed by atoms with Crippen LogP contribution in [0.25, 0.3) is 11.0 Å². The van der Waals surface area contributed by atoms with E-state index in [1.54, 1.807) is 37.4 Å². The second kappa shape index (κ2) is 9.29. The number of hydrogen-bond acceptors (Lipinski definition) is 7. The number of rotatable bonds is 7. The van der Waals surface area contributed by atoms with E-state index in [2.05, 4.69) is 18.8 Å². The largest absolute Gasteiger partial charge is 0.497 e. The van der Waals surface area contributed by atoms with E-state index in [0.717, 1.165) is 48.8 Å². The second-order valence-corrected chi connectivity index (χ2v) is 9.94. The third-order valence-corrected chi connectivity index (χ3v) is 7.67. The summed E-state index contributed by atoms with van der Waals surface area (Å²) in [5.41, 5.74) is 1.72. The Hall–Kier alpha value is -2.56. The molecule has 3 aromatic rings. The van der Waals surface area contributed by atoms with E-state index in [0.29, 0.717) is 17.6 Å². The van der Waals surface area contributed by atoms with E-state index in [1.807, 2.05) is 12.1 Å². The zero-order valence-electron chi connectivity index (χ0n) is 17.1. The molecule has 164 valence electrons. The van der Waals surface area contributed by atoms with Gasteiger partial charge in [0.1, 0.15) is 21.7 Å². The van der Waals surface area contributed by atoms with Gasteiger partial charge in [0.25, 0.3) is 0 Å². The number of anilines is 1. The van der Waals surface area contributed by atoms with Gasteiger partial charge in [0.05, 0.1) is 18.8 Å². The molecule has 0 radical (unpaired) electrons. The summed E-state index contributed by atoms with van der Waals surface area (Å²) < 4.78 is 41.6. The van der Waals surface area contributed by atoms with Gasteiger partial charge in [-0.3, -0.25) is 4.79 Å². The molecule has 2 N–H and O–H groups in total. The van der Waals surface area contributed by atoms with Crippen molar-refractivity contribution in [3.63, 3.8) is 0 Å². The molecule has 1 aromatic heterocycles. The summed E-state index contributed by atoms with van der Waals surface area (Å²) >= 11 is 0.998. The van der Waals surface area contributed by atoms with Gasteiger partial charge in [-0.2, -0.15) is 8.75 Å². The molecule has 1 fully saturated rings. The number of benzene rings is 2. The lowest BCUT2D eigenvalue weighted by atomic mass is 9.81. The molecule has 0 bridgehead atoms. The summed E-state index contributed by atoms with van der Waals surface area (Å²) in [6, 6.07) is 12.2. The molecule has 0 atom stereocenters. The molecule has 1 heterocycles. The molecule has 1 aliphatic carbocycles. The van der Waals surface area contributed by atoms with Gasteiger partial charge in [0.2, 0.25) is 15.9 Å². The Labute approximate surface area is 185 Å². The van der Waals surface area contributed by atoms with Crippen molar-refractivity contribution in [2.45, 2.75) is 30.6 Å². The Morgan fingerprint density at radius 2 is 1.84 bits per heavy atom. The van der Waals surface area contributed by atoms with Gasteiger partial charge in [-0.1, -0.05) is 6.07 Å². The smallest absolute Gasteiger partial charge is 0.242 e. The highest BCUT2D eigenvalue weighted by Gasteiger charge is 2.28. The molecule has 1 saturated carbocycles. The van der Waals surface area contributed by atoms with Crippen molar-refractivity contribution in [3.8, 4) is 5.75 Å². The topological polar surface area (TPSA) is 110 Å². The number of sulfonamides is 1. The van der Waals surface area contributed by atoms with Crippen LogP contribution in [0.4, 0.5) is 5.69 Å². The fourth-order valence-electron chi connectivity index (χ4n) is 3.85. The number of fused-ring (bicyclic) bond motifs is 1. The van der Waals surface area contributed by atoms with Crippen LogP contribution in [0.2, 0.25) is 0 Å². The lowest BCUT2D eigenvalue weighted by Crippen LogP contribution is -2.33. The first-order valence-corrected chi connectivity index (χ1v) is 12.3. The van der Waals surface area contributed by atoms with Crippen LogP contribution in [-0.4, -0.2) is 36.7 Å². The molecule has 0 spiro atoms. The summed E-state index contributed by atoms with van der Waals surface area (Å²) in [4.78, 5) is 12.7. The molecule has 0 aliphatic heterocycles. The summed E-state index contributed by atoms with van der Waals surface area (Å²) in [7, 11) is -2.07. The number of amides is 1.